The molecule has 2 amide bonds. The largest absolute Gasteiger partial charge is 0.497 e. The lowest BCUT2D eigenvalue weighted by Crippen LogP contribution is -2.57. The van der Waals surface area contributed by atoms with Gasteiger partial charge < -0.3 is 49.8 Å². The fourth-order valence-corrected chi connectivity index (χ4v) is 11.6. The van der Waals surface area contributed by atoms with E-state index in [1.54, 1.807) is 66.7 Å². The molecule has 7 N–H and O–H groups in total. The van der Waals surface area contributed by atoms with E-state index in [0.29, 0.717) is 50.2 Å². The predicted molar refractivity (Wildman–Crippen MR) is 409 cm³/mol. The number of fused-ring (bicyclic) bond motifs is 10. The summed E-state index contributed by atoms with van der Waals surface area (Å²) in [5.74, 6) is 1.02. The Balaban J connectivity index is 0.000000135. The number of carboxylic acid groups (broad SMARTS) is 2. The number of benzene rings is 8. The predicted octanol–water partition coefficient (Wildman–Crippen LogP) is 13.5. The van der Waals surface area contributed by atoms with Crippen LogP contribution in [0, 0.1) is 0 Å². The summed E-state index contributed by atoms with van der Waals surface area (Å²) in [4.78, 5) is 58.8. The van der Waals surface area contributed by atoms with Crippen molar-refractivity contribution in [3.8, 4) is 68.0 Å². The number of carbonyl (C=O) groups is 5. The van der Waals surface area contributed by atoms with E-state index < -0.39 is 41.9 Å². The molecule has 520 valence electrons. The number of amides is 2. The lowest BCUT2D eigenvalue weighted by molar-refractivity contribution is -0.152. The number of rotatable bonds is 9. The van der Waals surface area contributed by atoms with Gasteiger partial charge in [-0.2, -0.15) is 20.0 Å². The van der Waals surface area contributed by atoms with Crippen LogP contribution in [0.3, 0.4) is 0 Å². The number of carbonyl (C=O) groups excluding carboxylic acids is 3. The SMILES string of the molecule is CC(C)(Oc1ccc(Cl)cc1)C(=O)O.COc1ccc(C2=NN3C(=O)c4ccccc4C3C2)cc1.O=C(O)c1ccccc1-c1cc(-c2ccccc2)n[nH]1.O=C1NC2C(=CC(O)C(O)C2O)c2cc3c(cc21)OCO3.O=C1c2ccccc2-c2cc(-c3ccccc3)nn21.PCP.[B]P(C)I. The van der Waals surface area contributed by atoms with E-state index in [1.807, 2.05) is 158 Å². The van der Waals surface area contributed by atoms with Crippen molar-refractivity contribution in [2.24, 2.45) is 5.10 Å². The molecule has 21 nitrogen and oxygen atoms in total. The minimum absolute atomic E-state index is 0.000823. The highest BCUT2D eigenvalue weighted by Gasteiger charge is 2.44. The summed E-state index contributed by atoms with van der Waals surface area (Å²) in [5, 5.41) is 68.6. The average Bonchev–Trinajstić information content (AvgIpc) is 1.39. The van der Waals surface area contributed by atoms with E-state index in [1.165, 1.54) is 24.6 Å². The Bertz CT molecular complexity index is 4740. The van der Waals surface area contributed by atoms with Crippen molar-refractivity contribution in [3.05, 3.63) is 256 Å². The maximum atomic E-state index is 12.4. The van der Waals surface area contributed by atoms with E-state index in [2.05, 4.69) is 66.2 Å². The average molecular weight is 1560 g/mol. The number of aromatic amines is 1. The second kappa shape index (κ2) is 34.0. The Hall–Kier alpha value is -9.41. The molecule has 5 aliphatic heterocycles. The lowest BCUT2D eigenvalue weighted by Gasteiger charge is -2.39. The van der Waals surface area contributed by atoms with Crippen molar-refractivity contribution in [2.45, 2.75) is 56.3 Å². The van der Waals surface area contributed by atoms with E-state index in [0.717, 1.165) is 79.8 Å². The van der Waals surface area contributed by atoms with Gasteiger partial charge in [0.05, 0.1) is 64.4 Å². The summed E-state index contributed by atoms with van der Waals surface area (Å²) < 4.78 is 22.5. The molecule has 16 rings (SSSR count). The van der Waals surface area contributed by atoms with Gasteiger partial charge in [0.15, 0.2) is 17.1 Å². The molecule has 0 spiro atoms. The highest BCUT2D eigenvalue weighted by atomic mass is 127. The van der Waals surface area contributed by atoms with E-state index >= 15 is 0 Å². The molecule has 0 saturated heterocycles. The number of aliphatic hydroxyl groups is 3. The van der Waals surface area contributed by atoms with Gasteiger partial charge in [-0.15, -0.1) is 18.5 Å². The van der Waals surface area contributed by atoms with Crippen LogP contribution in [-0.2, 0) is 4.79 Å². The van der Waals surface area contributed by atoms with Crippen molar-refractivity contribution in [1.29, 1.82) is 0 Å². The van der Waals surface area contributed by atoms with Crippen LogP contribution in [-0.4, -0.2) is 150 Å². The molecule has 10 aromatic rings. The van der Waals surface area contributed by atoms with Crippen molar-refractivity contribution >= 4 is 106 Å². The number of aromatic nitrogens is 4. The van der Waals surface area contributed by atoms with Crippen LogP contribution >= 0.6 is 57.6 Å². The highest BCUT2D eigenvalue weighted by molar-refractivity contribution is 14.2. The Morgan fingerprint density at radius 1 is 0.686 bits per heavy atom. The molecule has 8 atom stereocenters. The van der Waals surface area contributed by atoms with Gasteiger partial charge in [0.1, 0.15) is 37.4 Å². The number of aliphatic carboxylic acids is 1. The van der Waals surface area contributed by atoms with Gasteiger partial charge in [0.2, 0.25) is 6.79 Å². The van der Waals surface area contributed by atoms with Gasteiger partial charge in [-0.3, -0.25) is 19.5 Å². The van der Waals surface area contributed by atoms with E-state index in [-0.39, 0.29) is 41.6 Å². The zero-order chi connectivity index (χ0) is 72.9. The summed E-state index contributed by atoms with van der Waals surface area (Å²) in [6.45, 7) is 5.07. The molecule has 102 heavy (non-hydrogen) atoms. The maximum Gasteiger partial charge on any atom is 0.347 e. The van der Waals surface area contributed by atoms with Gasteiger partial charge in [0.25, 0.3) is 17.7 Å². The first kappa shape index (κ1) is 75.3. The monoisotopic (exact) mass is 1560 g/mol. The molecule has 8 aromatic carbocycles. The Morgan fingerprint density at radius 3 is 1.84 bits per heavy atom. The highest BCUT2D eigenvalue weighted by Crippen LogP contribution is 2.44. The van der Waals surface area contributed by atoms with E-state index in [4.69, 9.17) is 43.2 Å². The first-order valence-electron chi connectivity index (χ1n) is 31.6. The van der Waals surface area contributed by atoms with E-state index in [9.17, 15) is 44.4 Å². The van der Waals surface area contributed by atoms with Crippen LogP contribution < -0.4 is 24.3 Å². The molecule has 0 saturated carbocycles. The fourth-order valence-electron chi connectivity index (χ4n) is 11.4. The summed E-state index contributed by atoms with van der Waals surface area (Å²) in [6.07, 6.45) is -1.60. The third kappa shape index (κ3) is 17.5. The second-order valence-corrected chi connectivity index (χ2v) is 31.5. The van der Waals surface area contributed by atoms with Gasteiger partial charge in [-0.25, -0.2) is 14.6 Å². The number of hydrogen-bond donors (Lipinski definition) is 7. The van der Waals surface area contributed by atoms with Crippen LogP contribution in [0.1, 0.15) is 84.4 Å². The van der Waals surface area contributed by atoms with Crippen molar-refractivity contribution in [1.82, 2.24) is 30.3 Å². The molecule has 7 heterocycles. The number of ether oxygens (including phenoxy) is 4. The second-order valence-electron chi connectivity index (χ2n) is 23.6. The van der Waals surface area contributed by atoms with Crippen LogP contribution in [0.15, 0.2) is 217 Å². The molecule has 0 bridgehead atoms. The topological polar surface area (TPSA) is 298 Å². The number of aliphatic hydroxyl groups excluding tert-OH is 3. The smallest absolute Gasteiger partial charge is 0.347 e. The number of H-pyrrole nitrogens is 1. The molecule has 27 heteroatoms. The quantitative estimate of drug-likeness (QED) is 0.0401. The lowest BCUT2D eigenvalue weighted by atomic mass is 9.79. The first-order chi connectivity index (χ1) is 49.0. The first-order valence-corrected chi connectivity index (χ1v) is 38.3. The maximum absolute atomic E-state index is 12.4. The standard InChI is InChI=1S/C17H14N2O2.C16H12N2O2.C16H10N2O.C14H13NO6.C10H11ClO3.CH3BIP.CH6P2/c1-21-12-8-6-11(7-9-12)15-10-16-13-4-2-3-5-14(13)17(20)19(16)18-15;19-16(20)13-9-5-4-8-12(13)15-10-14(17-18-15)11-6-2-1-3-7-11;19-16-13-9-5-4-8-12(13)15-10-14(17-18(15)16)11-6-2-1-3-7-11;16-8-1-6-5-2-9-10(21-4-20-9)3-7(5)14(19)15-11(6)13(18)12(8)17;1-10(2,9(12)13)14-8-5-3-7(11)4-6-8;1-4(2)3;2-1-3/h2-9,16H,10H2,1H3;1-10H,(H,17,18)(H,19,20);1-10H;1-3,8,11-13,16-18H,4H2,(H,15,19);3-6H,1-2H3,(H,12,13);1H3;1-3H2. The third-order valence-electron chi connectivity index (χ3n) is 16.4. The normalized spacial score (nSPS) is 17.4. The van der Waals surface area contributed by atoms with Crippen molar-refractivity contribution in [2.75, 3.05) is 26.5 Å². The number of halogens is 2. The zero-order valence-electron chi connectivity index (χ0n) is 55.3. The molecular weight excluding hydrogens is 1490 g/mol. The number of nitrogens with zero attached hydrogens (tertiary/aromatic N) is 5. The number of methoxy groups -OCH3 is 1. The molecule has 0 fully saturated rings. The summed E-state index contributed by atoms with van der Waals surface area (Å²) in [5.41, 5.74) is 11.8. The number of carboxylic acids is 2. The summed E-state index contributed by atoms with van der Waals surface area (Å²) in [6, 6.07) is 62.6. The van der Waals surface area contributed by atoms with Crippen LogP contribution in [0.4, 0.5) is 0 Å². The fraction of sp³-hybridized carbons (Fsp3) is 0.173. The van der Waals surface area contributed by atoms with Crippen LogP contribution in [0.25, 0.3) is 50.6 Å². The van der Waals surface area contributed by atoms with Crippen molar-refractivity contribution < 1.29 is 68.5 Å². The van der Waals surface area contributed by atoms with Crippen LogP contribution in [0.5, 0.6) is 23.0 Å². The van der Waals surface area contributed by atoms with Gasteiger partial charge in [-0.05, 0) is 146 Å². The molecule has 1 aliphatic carbocycles. The molecule has 2 aromatic heterocycles. The number of aromatic carboxylic acids is 1. The minimum Gasteiger partial charge on any atom is -0.497 e. The summed E-state index contributed by atoms with van der Waals surface area (Å²) in [7, 11) is 11.9. The van der Waals surface area contributed by atoms with Crippen LogP contribution in [0.2, 0.25) is 5.02 Å². The number of hydrazone groups is 1. The summed E-state index contributed by atoms with van der Waals surface area (Å²) >= 11 is 7.86. The van der Waals surface area contributed by atoms with Crippen molar-refractivity contribution in [3.63, 3.8) is 0 Å². The Morgan fingerprint density at radius 2 is 1.24 bits per heavy atom. The van der Waals surface area contributed by atoms with Gasteiger partial charge in [-0.1, -0.05) is 154 Å². The van der Waals surface area contributed by atoms with Gasteiger partial charge in [0, 0.05) is 39.3 Å². The minimum atomic E-state index is -1.34. The number of nitrogens with one attached hydrogen (secondary N) is 2. The number of hydrogen-bond acceptors (Lipinski definition) is 15. The molecular formula is C75H69BClIN7O14P3. The Kier molecular flexibility index (Phi) is 25.1. The van der Waals surface area contributed by atoms with Gasteiger partial charge >= 0.3 is 11.9 Å². The molecule has 8 unspecified atom stereocenters. The zero-order valence-corrected chi connectivity index (χ0v) is 61.4. The third-order valence-corrected chi connectivity index (χ3v) is 16.6. The Labute approximate surface area is 613 Å². The molecule has 2 radical (unpaired) electrons. The molecule has 6 aliphatic rings.